The molecule has 1 saturated carbocycles. The molecule has 0 saturated heterocycles. The molecule has 0 aromatic heterocycles. The van der Waals surface area contributed by atoms with Crippen LogP contribution in [-0.2, 0) is 10.0 Å². The van der Waals surface area contributed by atoms with Gasteiger partial charge in [-0.15, -0.1) is 0 Å². The lowest BCUT2D eigenvalue weighted by Gasteiger charge is -2.21. The van der Waals surface area contributed by atoms with Gasteiger partial charge in [-0.1, -0.05) is 26.2 Å². The van der Waals surface area contributed by atoms with Crippen LogP contribution in [0, 0.1) is 5.92 Å². The maximum Gasteiger partial charge on any atom is 0.211 e. The molecule has 18 heavy (non-hydrogen) atoms. The lowest BCUT2D eigenvalue weighted by atomic mass is 9.90. The Morgan fingerprint density at radius 3 is 2.50 bits per heavy atom. The third kappa shape index (κ3) is 7.34. The van der Waals surface area contributed by atoms with Gasteiger partial charge in [-0.2, -0.15) is 0 Å². The highest BCUT2D eigenvalue weighted by Crippen LogP contribution is 2.22. The molecular formula is C13H28N2O2S. The Kier molecular flexibility index (Phi) is 7.86. The summed E-state index contributed by atoms with van der Waals surface area (Å²) >= 11 is 0. The third-order valence-corrected chi connectivity index (χ3v) is 5.02. The van der Waals surface area contributed by atoms with E-state index in [0.717, 1.165) is 25.9 Å². The average molecular weight is 276 g/mol. The number of unbranched alkanes of at least 4 members (excludes halogenated alkanes) is 1. The Bertz CT molecular complexity index is 298. The van der Waals surface area contributed by atoms with Gasteiger partial charge in [0.15, 0.2) is 0 Å². The van der Waals surface area contributed by atoms with Crippen LogP contribution in [0.15, 0.2) is 0 Å². The van der Waals surface area contributed by atoms with Crippen molar-refractivity contribution in [2.24, 2.45) is 5.92 Å². The van der Waals surface area contributed by atoms with Crippen molar-refractivity contribution in [2.45, 2.75) is 51.9 Å². The number of hydrogen-bond acceptors (Lipinski definition) is 3. The molecule has 1 rings (SSSR count). The summed E-state index contributed by atoms with van der Waals surface area (Å²) in [4.78, 5) is 0. The van der Waals surface area contributed by atoms with Crippen molar-refractivity contribution < 1.29 is 8.42 Å². The highest BCUT2D eigenvalue weighted by Gasteiger charge is 2.16. The van der Waals surface area contributed by atoms with E-state index in [1.807, 2.05) is 0 Å². The van der Waals surface area contributed by atoms with Crippen molar-refractivity contribution in [3.8, 4) is 0 Å². The Morgan fingerprint density at radius 1 is 1.11 bits per heavy atom. The van der Waals surface area contributed by atoms with Gasteiger partial charge in [0.25, 0.3) is 0 Å². The quantitative estimate of drug-likeness (QED) is 0.632. The molecule has 1 aliphatic rings. The molecule has 2 N–H and O–H groups in total. The van der Waals surface area contributed by atoms with E-state index in [4.69, 9.17) is 0 Å². The molecule has 1 fully saturated rings. The van der Waals surface area contributed by atoms with E-state index in [1.54, 1.807) is 0 Å². The second-order valence-corrected chi connectivity index (χ2v) is 7.16. The van der Waals surface area contributed by atoms with Crippen molar-refractivity contribution in [1.29, 1.82) is 0 Å². The Balaban J connectivity index is 2.10. The Hall–Kier alpha value is -0.130. The monoisotopic (exact) mass is 276 g/mol. The van der Waals surface area contributed by atoms with Crippen LogP contribution in [0.4, 0.5) is 0 Å². The topological polar surface area (TPSA) is 58.2 Å². The molecule has 0 bridgehead atoms. The molecule has 1 aliphatic carbocycles. The van der Waals surface area contributed by atoms with Crippen molar-refractivity contribution >= 4 is 10.0 Å². The van der Waals surface area contributed by atoms with Gasteiger partial charge in [0.1, 0.15) is 0 Å². The number of sulfonamides is 1. The van der Waals surface area contributed by atoms with Gasteiger partial charge in [-0.05, 0) is 44.7 Å². The van der Waals surface area contributed by atoms with Crippen molar-refractivity contribution in [3.63, 3.8) is 0 Å². The van der Waals surface area contributed by atoms with Gasteiger partial charge in [0.2, 0.25) is 10.0 Å². The predicted molar refractivity (Wildman–Crippen MR) is 76.1 cm³/mol. The van der Waals surface area contributed by atoms with E-state index in [2.05, 4.69) is 17.0 Å². The van der Waals surface area contributed by atoms with Crippen LogP contribution >= 0.6 is 0 Å². The van der Waals surface area contributed by atoms with Crippen LogP contribution in [0.3, 0.4) is 0 Å². The summed E-state index contributed by atoms with van der Waals surface area (Å²) in [5.41, 5.74) is 0. The van der Waals surface area contributed by atoms with Gasteiger partial charge in [0.05, 0.1) is 5.75 Å². The highest BCUT2D eigenvalue weighted by molar-refractivity contribution is 7.89. The van der Waals surface area contributed by atoms with Crippen molar-refractivity contribution in [3.05, 3.63) is 0 Å². The molecule has 4 nitrogen and oxygen atoms in total. The van der Waals surface area contributed by atoms with Gasteiger partial charge in [0, 0.05) is 6.54 Å². The molecule has 5 heteroatoms. The van der Waals surface area contributed by atoms with Crippen LogP contribution in [0.2, 0.25) is 0 Å². The summed E-state index contributed by atoms with van der Waals surface area (Å²) in [5.74, 6) is 0.834. The Labute approximate surface area is 112 Å². The first kappa shape index (κ1) is 15.9. The van der Waals surface area contributed by atoms with E-state index in [-0.39, 0.29) is 5.75 Å². The minimum atomic E-state index is -3.05. The molecule has 0 aliphatic heterocycles. The summed E-state index contributed by atoms with van der Waals surface area (Å²) in [6.45, 7) is 4.57. The molecule has 0 radical (unpaired) electrons. The zero-order valence-electron chi connectivity index (χ0n) is 11.6. The second-order valence-electron chi connectivity index (χ2n) is 5.23. The van der Waals surface area contributed by atoms with Gasteiger partial charge >= 0.3 is 0 Å². The summed E-state index contributed by atoms with van der Waals surface area (Å²) in [6, 6.07) is 0. The molecule has 0 heterocycles. The maximum absolute atomic E-state index is 11.8. The average Bonchev–Trinajstić information content (AvgIpc) is 2.38. The lowest BCUT2D eigenvalue weighted by molar-refractivity contribution is 0.357. The first-order valence-electron chi connectivity index (χ1n) is 7.32. The fourth-order valence-corrected chi connectivity index (χ4v) is 3.65. The summed E-state index contributed by atoms with van der Waals surface area (Å²) in [5, 5.41) is 3.20. The van der Waals surface area contributed by atoms with E-state index in [9.17, 15) is 8.42 Å². The van der Waals surface area contributed by atoms with Crippen molar-refractivity contribution in [1.82, 2.24) is 10.0 Å². The van der Waals surface area contributed by atoms with E-state index in [1.165, 1.54) is 32.1 Å². The van der Waals surface area contributed by atoms with E-state index < -0.39 is 10.0 Å². The fourth-order valence-electron chi connectivity index (χ4n) is 2.43. The molecule has 0 atom stereocenters. The normalized spacial score (nSPS) is 18.1. The first-order valence-corrected chi connectivity index (χ1v) is 8.97. The van der Waals surface area contributed by atoms with Crippen LogP contribution in [0.5, 0.6) is 0 Å². The molecular weight excluding hydrogens is 248 g/mol. The summed E-state index contributed by atoms with van der Waals surface area (Å²) < 4.78 is 26.3. The highest BCUT2D eigenvalue weighted by atomic mass is 32.2. The van der Waals surface area contributed by atoms with Crippen LogP contribution in [-0.4, -0.2) is 33.8 Å². The molecule has 108 valence electrons. The van der Waals surface area contributed by atoms with Gasteiger partial charge in [-0.3, -0.25) is 0 Å². The van der Waals surface area contributed by atoms with Crippen LogP contribution < -0.4 is 10.0 Å². The smallest absolute Gasteiger partial charge is 0.211 e. The zero-order valence-corrected chi connectivity index (χ0v) is 12.4. The van der Waals surface area contributed by atoms with E-state index >= 15 is 0 Å². The standard InChI is InChI=1S/C13H28N2O2S/c1-2-14-10-6-7-11-18(16,17)15-12-13-8-4-3-5-9-13/h13-15H,2-12H2,1H3. The molecule has 0 spiro atoms. The lowest BCUT2D eigenvalue weighted by Crippen LogP contribution is -2.32. The fraction of sp³-hybridized carbons (Fsp3) is 1.00. The molecule has 0 unspecified atom stereocenters. The molecule has 0 aromatic rings. The molecule has 0 amide bonds. The Morgan fingerprint density at radius 2 is 1.83 bits per heavy atom. The third-order valence-electron chi connectivity index (χ3n) is 3.58. The van der Waals surface area contributed by atoms with E-state index in [0.29, 0.717) is 12.5 Å². The minimum absolute atomic E-state index is 0.269. The summed E-state index contributed by atoms with van der Waals surface area (Å²) in [6.07, 6.45) is 7.87. The van der Waals surface area contributed by atoms with Crippen molar-refractivity contribution in [2.75, 3.05) is 25.4 Å². The molecule has 0 aromatic carbocycles. The zero-order chi connectivity index (χ0) is 13.3. The SMILES string of the molecule is CCNCCCCS(=O)(=O)NCC1CCCCC1. The largest absolute Gasteiger partial charge is 0.317 e. The predicted octanol–water partition coefficient (Wildman–Crippen LogP) is 1.88. The number of nitrogens with one attached hydrogen (secondary N) is 2. The number of hydrogen-bond donors (Lipinski definition) is 2. The van der Waals surface area contributed by atoms with Gasteiger partial charge < -0.3 is 5.32 Å². The van der Waals surface area contributed by atoms with Crippen LogP contribution in [0.1, 0.15) is 51.9 Å². The number of rotatable bonds is 9. The second kappa shape index (κ2) is 8.88. The summed E-state index contributed by atoms with van der Waals surface area (Å²) in [7, 11) is -3.05. The minimum Gasteiger partial charge on any atom is -0.317 e. The maximum atomic E-state index is 11.8. The van der Waals surface area contributed by atoms with Crippen LogP contribution in [0.25, 0.3) is 0 Å². The van der Waals surface area contributed by atoms with Gasteiger partial charge in [-0.25, -0.2) is 13.1 Å². The first-order chi connectivity index (χ1) is 8.64.